The Bertz CT molecular complexity index is 502. The topological polar surface area (TPSA) is 62.8 Å². The van der Waals surface area contributed by atoms with E-state index in [1.807, 2.05) is 25.1 Å². The van der Waals surface area contributed by atoms with Gasteiger partial charge >= 0.3 is 0 Å². The molecule has 1 fully saturated rings. The molecule has 1 aliphatic heterocycles. The number of nitrogens with one attached hydrogen (secondary N) is 2. The molecular formula is C17H27N3O3. The maximum atomic E-state index is 11.7. The van der Waals surface area contributed by atoms with Crippen LogP contribution in [-0.2, 0) is 16.0 Å². The lowest BCUT2D eigenvalue weighted by molar-refractivity contribution is -0.119. The first kappa shape index (κ1) is 17.7. The quantitative estimate of drug-likeness (QED) is 0.751. The molecule has 0 aliphatic carbocycles. The van der Waals surface area contributed by atoms with Crippen molar-refractivity contribution in [1.82, 2.24) is 10.2 Å². The number of carbonyl (C=O) groups is 1. The van der Waals surface area contributed by atoms with Crippen LogP contribution in [0.25, 0.3) is 0 Å². The minimum absolute atomic E-state index is 0.0380. The zero-order valence-electron chi connectivity index (χ0n) is 14.1. The SMILES string of the molecule is CCOc1cc(CCN2CCNCC2)ccc1NC(=O)COC. The smallest absolute Gasteiger partial charge is 0.250 e. The van der Waals surface area contributed by atoms with Crippen LogP contribution < -0.4 is 15.4 Å². The minimum Gasteiger partial charge on any atom is -0.492 e. The van der Waals surface area contributed by atoms with Crippen molar-refractivity contribution in [3.63, 3.8) is 0 Å². The van der Waals surface area contributed by atoms with E-state index in [1.54, 1.807) is 0 Å². The summed E-state index contributed by atoms with van der Waals surface area (Å²) in [5.41, 5.74) is 1.91. The van der Waals surface area contributed by atoms with Crippen molar-refractivity contribution in [2.75, 3.05) is 58.4 Å². The van der Waals surface area contributed by atoms with Gasteiger partial charge in [0, 0.05) is 39.8 Å². The third-order valence-corrected chi connectivity index (χ3v) is 3.82. The summed E-state index contributed by atoms with van der Waals surface area (Å²) >= 11 is 0. The van der Waals surface area contributed by atoms with Gasteiger partial charge in [-0.3, -0.25) is 4.79 Å². The van der Waals surface area contributed by atoms with Gasteiger partial charge in [0.1, 0.15) is 12.4 Å². The average Bonchev–Trinajstić information content (AvgIpc) is 2.56. The van der Waals surface area contributed by atoms with E-state index in [1.165, 1.54) is 12.7 Å². The van der Waals surface area contributed by atoms with Crippen molar-refractivity contribution in [1.29, 1.82) is 0 Å². The molecule has 0 bridgehead atoms. The number of anilines is 1. The fourth-order valence-electron chi connectivity index (χ4n) is 2.64. The molecule has 6 heteroatoms. The van der Waals surface area contributed by atoms with E-state index in [4.69, 9.17) is 9.47 Å². The molecule has 1 aliphatic rings. The molecule has 2 N–H and O–H groups in total. The minimum atomic E-state index is -0.179. The average molecular weight is 321 g/mol. The van der Waals surface area contributed by atoms with Crippen LogP contribution in [0.5, 0.6) is 5.75 Å². The summed E-state index contributed by atoms with van der Waals surface area (Å²) in [7, 11) is 1.50. The predicted molar refractivity (Wildman–Crippen MR) is 91.1 cm³/mol. The number of piperazine rings is 1. The van der Waals surface area contributed by atoms with Crippen LogP contribution in [0.3, 0.4) is 0 Å². The van der Waals surface area contributed by atoms with Crippen LogP contribution in [-0.4, -0.2) is 63.9 Å². The van der Waals surface area contributed by atoms with Crippen molar-refractivity contribution in [3.05, 3.63) is 23.8 Å². The van der Waals surface area contributed by atoms with Gasteiger partial charge in [0.2, 0.25) is 5.91 Å². The molecule has 1 aromatic rings. The molecule has 23 heavy (non-hydrogen) atoms. The van der Waals surface area contributed by atoms with E-state index in [-0.39, 0.29) is 12.5 Å². The third kappa shape index (κ3) is 5.82. The number of nitrogens with zero attached hydrogens (tertiary/aromatic N) is 1. The van der Waals surface area contributed by atoms with Crippen LogP contribution in [0.15, 0.2) is 18.2 Å². The van der Waals surface area contributed by atoms with E-state index < -0.39 is 0 Å². The maximum absolute atomic E-state index is 11.7. The van der Waals surface area contributed by atoms with Crippen molar-refractivity contribution in [2.24, 2.45) is 0 Å². The second-order valence-corrected chi connectivity index (χ2v) is 5.59. The molecule has 1 amide bonds. The molecular weight excluding hydrogens is 294 g/mol. The number of methoxy groups -OCH3 is 1. The molecule has 0 aromatic heterocycles. The molecule has 0 radical (unpaired) electrons. The van der Waals surface area contributed by atoms with Gasteiger partial charge in [-0.05, 0) is 31.0 Å². The fourth-order valence-corrected chi connectivity index (χ4v) is 2.64. The maximum Gasteiger partial charge on any atom is 0.250 e. The highest BCUT2D eigenvalue weighted by Crippen LogP contribution is 2.26. The second-order valence-electron chi connectivity index (χ2n) is 5.59. The summed E-state index contributed by atoms with van der Waals surface area (Å²) in [4.78, 5) is 14.1. The number of ether oxygens (including phenoxy) is 2. The van der Waals surface area contributed by atoms with Crippen LogP contribution in [0.2, 0.25) is 0 Å². The van der Waals surface area contributed by atoms with Crippen LogP contribution >= 0.6 is 0 Å². The van der Waals surface area contributed by atoms with E-state index in [2.05, 4.69) is 15.5 Å². The number of amides is 1. The van der Waals surface area contributed by atoms with Gasteiger partial charge in [-0.25, -0.2) is 0 Å². The van der Waals surface area contributed by atoms with Crippen LogP contribution in [0.4, 0.5) is 5.69 Å². The van der Waals surface area contributed by atoms with Gasteiger partial charge in [-0.15, -0.1) is 0 Å². The molecule has 1 saturated heterocycles. The lowest BCUT2D eigenvalue weighted by Gasteiger charge is -2.27. The van der Waals surface area contributed by atoms with E-state index in [0.717, 1.165) is 44.9 Å². The predicted octanol–water partition coefficient (Wildman–Crippen LogP) is 1.12. The highest BCUT2D eigenvalue weighted by atomic mass is 16.5. The van der Waals surface area contributed by atoms with Gasteiger partial charge in [0.05, 0.1) is 12.3 Å². The third-order valence-electron chi connectivity index (χ3n) is 3.82. The summed E-state index contributed by atoms with van der Waals surface area (Å²) in [6.45, 7) is 7.91. The monoisotopic (exact) mass is 321 g/mol. The Morgan fingerprint density at radius 2 is 2.13 bits per heavy atom. The lowest BCUT2D eigenvalue weighted by Crippen LogP contribution is -2.44. The largest absolute Gasteiger partial charge is 0.492 e. The second kappa shape index (κ2) is 9.50. The highest BCUT2D eigenvalue weighted by Gasteiger charge is 2.11. The normalized spacial score (nSPS) is 15.4. The molecule has 6 nitrogen and oxygen atoms in total. The molecule has 1 aromatic carbocycles. The van der Waals surface area contributed by atoms with Crippen molar-refractivity contribution >= 4 is 11.6 Å². The Morgan fingerprint density at radius 1 is 1.35 bits per heavy atom. The van der Waals surface area contributed by atoms with Crippen LogP contribution in [0.1, 0.15) is 12.5 Å². The van der Waals surface area contributed by atoms with Gasteiger partial charge in [-0.1, -0.05) is 6.07 Å². The summed E-state index contributed by atoms with van der Waals surface area (Å²) in [5, 5.41) is 6.18. The zero-order valence-corrected chi connectivity index (χ0v) is 14.1. The number of hydrogen-bond donors (Lipinski definition) is 2. The fraction of sp³-hybridized carbons (Fsp3) is 0.588. The first-order valence-electron chi connectivity index (χ1n) is 8.20. The first-order valence-corrected chi connectivity index (χ1v) is 8.20. The Kier molecular flexibility index (Phi) is 7.32. The summed E-state index contributed by atoms with van der Waals surface area (Å²) in [6.07, 6.45) is 0.979. The van der Waals surface area contributed by atoms with Crippen molar-refractivity contribution in [2.45, 2.75) is 13.3 Å². The molecule has 128 valence electrons. The van der Waals surface area contributed by atoms with Crippen molar-refractivity contribution in [3.8, 4) is 5.75 Å². The van der Waals surface area contributed by atoms with E-state index in [9.17, 15) is 4.79 Å². The lowest BCUT2D eigenvalue weighted by atomic mass is 10.1. The first-order chi connectivity index (χ1) is 11.2. The molecule has 2 rings (SSSR count). The number of hydrogen-bond acceptors (Lipinski definition) is 5. The molecule has 1 heterocycles. The standard InChI is InChI=1S/C17H27N3O3/c1-3-23-16-12-14(6-9-20-10-7-18-8-11-20)4-5-15(16)19-17(21)13-22-2/h4-5,12,18H,3,6-11,13H2,1-2H3,(H,19,21). The Hall–Kier alpha value is -1.63. The number of rotatable bonds is 8. The van der Waals surface area contributed by atoms with Gasteiger partial charge in [0.25, 0.3) is 0 Å². The molecule has 0 atom stereocenters. The molecule has 0 spiro atoms. The van der Waals surface area contributed by atoms with Crippen molar-refractivity contribution < 1.29 is 14.3 Å². The molecule has 0 unspecified atom stereocenters. The number of benzene rings is 1. The Balaban J connectivity index is 1.97. The highest BCUT2D eigenvalue weighted by molar-refractivity contribution is 5.93. The summed E-state index contributed by atoms with van der Waals surface area (Å²) < 4.78 is 10.5. The van der Waals surface area contributed by atoms with E-state index in [0.29, 0.717) is 12.3 Å². The number of carbonyl (C=O) groups excluding carboxylic acids is 1. The summed E-state index contributed by atoms with van der Waals surface area (Å²) in [6, 6.07) is 5.98. The van der Waals surface area contributed by atoms with Gasteiger partial charge in [0.15, 0.2) is 0 Å². The van der Waals surface area contributed by atoms with Crippen LogP contribution in [0, 0.1) is 0 Å². The summed E-state index contributed by atoms with van der Waals surface area (Å²) in [5.74, 6) is 0.539. The Morgan fingerprint density at radius 3 is 2.83 bits per heavy atom. The van der Waals surface area contributed by atoms with Gasteiger partial charge < -0.3 is 25.0 Å². The Labute approximate surface area is 138 Å². The molecule has 0 saturated carbocycles. The van der Waals surface area contributed by atoms with E-state index >= 15 is 0 Å². The van der Waals surface area contributed by atoms with Gasteiger partial charge in [-0.2, -0.15) is 0 Å². The zero-order chi connectivity index (χ0) is 16.5.